The van der Waals surface area contributed by atoms with Crippen molar-refractivity contribution in [2.45, 2.75) is 30.3 Å². The molecule has 0 aromatic rings. The highest BCUT2D eigenvalue weighted by Crippen LogP contribution is 2.24. The molecule has 1 fully saturated rings. The molecule has 0 radical (unpaired) electrons. The van der Waals surface area contributed by atoms with Crippen LogP contribution in [0, 0.1) is 0 Å². The molecular formula is C8H15ClN2O6. The number of aliphatic hydroxyl groups excluding tert-OH is 4. The molecule has 0 bridgehead atoms. The highest BCUT2D eigenvalue weighted by atomic mass is 35.5. The molecule has 1 amide bonds. The smallest absolute Gasteiger partial charge is 0.238 e. The van der Waals surface area contributed by atoms with Gasteiger partial charge in [0.2, 0.25) is 11.8 Å². The summed E-state index contributed by atoms with van der Waals surface area (Å²) >= 11 is 5.25. The van der Waals surface area contributed by atoms with Crippen LogP contribution in [0.25, 0.3) is 0 Å². The number of hydrogen-bond acceptors (Lipinski definition) is 7. The van der Waals surface area contributed by atoms with Gasteiger partial charge in [-0.2, -0.15) is 0 Å². The maximum atomic E-state index is 11.1. The van der Waals surface area contributed by atoms with Crippen molar-refractivity contribution in [2.24, 2.45) is 5.73 Å². The first-order valence-corrected chi connectivity index (χ1v) is 5.38. The van der Waals surface area contributed by atoms with Crippen molar-refractivity contribution in [1.82, 2.24) is 5.32 Å². The van der Waals surface area contributed by atoms with Gasteiger partial charge >= 0.3 is 0 Å². The normalized spacial score (nSPS) is 42.2. The van der Waals surface area contributed by atoms with Crippen LogP contribution >= 0.6 is 11.6 Å². The third-order valence-electron chi connectivity index (χ3n) is 2.48. The summed E-state index contributed by atoms with van der Waals surface area (Å²) in [5.74, 6) is -3.26. The SMILES string of the molecule is NC1(NC(=O)CCl)O[C@H](CO)[C@@H](O)[C@H](O)[C@H]1O. The first-order valence-electron chi connectivity index (χ1n) is 4.84. The molecule has 0 saturated carbocycles. The third-order valence-corrected chi connectivity index (χ3v) is 2.72. The number of halogens is 1. The van der Waals surface area contributed by atoms with Crippen molar-refractivity contribution in [3.8, 4) is 0 Å². The Hall–Kier alpha value is -0.480. The average Bonchev–Trinajstić information content (AvgIpc) is 2.31. The molecule has 17 heavy (non-hydrogen) atoms. The summed E-state index contributed by atoms with van der Waals surface area (Å²) in [4.78, 5) is 11.1. The molecule has 0 aliphatic carbocycles. The zero-order chi connectivity index (χ0) is 13.2. The lowest BCUT2D eigenvalue weighted by atomic mass is 9.95. The Balaban J connectivity index is 2.86. The van der Waals surface area contributed by atoms with Crippen LogP contribution in [0.1, 0.15) is 0 Å². The molecule has 1 saturated heterocycles. The number of alkyl halides is 1. The molecule has 9 heteroatoms. The monoisotopic (exact) mass is 270 g/mol. The summed E-state index contributed by atoms with van der Waals surface area (Å²) in [5, 5.41) is 39.6. The van der Waals surface area contributed by atoms with E-state index in [9.17, 15) is 20.1 Å². The average molecular weight is 271 g/mol. The Kier molecular flexibility index (Phi) is 4.67. The second-order valence-electron chi connectivity index (χ2n) is 3.74. The minimum absolute atomic E-state index is 0.419. The number of hydrogen-bond donors (Lipinski definition) is 6. The van der Waals surface area contributed by atoms with Crippen LogP contribution in [-0.4, -0.2) is 69.1 Å². The molecule has 0 aromatic heterocycles. The molecule has 1 heterocycles. The number of nitrogens with two attached hydrogens (primary N) is 1. The highest BCUT2D eigenvalue weighted by Gasteiger charge is 2.52. The van der Waals surface area contributed by atoms with E-state index in [1.165, 1.54) is 0 Å². The number of ether oxygens (including phenoxy) is 1. The van der Waals surface area contributed by atoms with Gasteiger partial charge in [-0.1, -0.05) is 0 Å². The second-order valence-corrected chi connectivity index (χ2v) is 4.01. The Morgan fingerprint density at radius 1 is 1.41 bits per heavy atom. The molecule has 7 N–H and O–H groups in total. The van der Waals surface area contributed by atoms with Crippen LogP contribution in [0.15, 0.2) is 0 Å². The lowest BCUT2D eigenvalue weighted by Gasteiger charge is -2.46. The van der Waals surface area contributed by atoms with Gasteiger partial charge in [-0.3, -0.25) is 10.5 Å². The summed E-state index contributed by atoms with van der Waals surface area (Å²) in [6.07, 6.45) is -6.16. The molecule has 0 aromatic carbocycles. The van der Waals surface area contributed by atoms with E-state index in [1.54, 1.807) is 0 Å². The van der Waals surface area contributed by atoms with Gasteiger partial charge in [0, 0.05) is 0 Å². The van der Waals surface area contributed by atoms with Gasteiger partial charge in [-0.25, -0.2) is 0 Å². The quantitative estimate of drug-likeness (QED) is 0.230. The summed E-state index contributed by atoms with van der Waals surface area (Å²) in [7, 11) is 0. The molecule has 1 aliphatic rings. The molecule has 5 atom stereocenters. The van der Waals surface area contributed by atoms with Gasteiger partial charge in [-0.15, -0.1) is 11.6 Å². The molecule has 1 rings (SSSR count). The van der Waals surface area contributed by atoms with Crippen molar-refractivity contribution in [3.05, 3.63) is 0 Å². The first kappa shape index (κ1) is 14.6. The minimum Gasteiger partial charge on any atom is -0.394 e. The van der Waals surface area contributed by atoms with Gasteiger partial charge < -0.3 is 30.5 Å². The van der Waals surface area contributed by atoms with E-state index in [4.69, 9.17) is 27.2 Å². The van der Waals surface area contributed by atoms with Crippen molar-refractivity contribution in [3.63, 3.8) is 0 Å². The fourth-order valence-electron chi connectivity index (χ4n) is 1.55. The first-order chi connectivity index (χ1) is 7.85. The van der Waals surface area contributed by atoms with Crippen molar-refractivity contribution in [1.29, 1.82) is 0 Å². The van der Waals surface area contributed by atoms with Crippen LogP contribution in [0.3, 0.4) is 0 Å². The number of rotatable bonds is 3. The van der Waals surface area contributed by atoms with E-state index in [-0.39, 0.29) is 0 Å². The number of carbonyl (C=O) groups is 1. The topological polar surface area (TPSA) is 145 Å². The summed E-state index contributed by atoms with van der Waals surface area (Å²) < 4.78 is 4.97. The predicted molar refractivity (Wildman–Crippen MR) is 55.8 cm³/mol. The zero-order valence-corrected chi connectivity index (χ0v) is 9.54. The number of aliphatic hydroxyl groups is 4. The number of nitrogens with one attached hydrogen (secondary N) is 1. The highest BCUT2D eigenvalue weighted by molar-refractivity contribution is 6.27. The van der Waals surface area contributed by atoms with E-state index >= 15 is 0 Å². The standard InChI is InChI=1S/C8H15ClN2O6/c9-1-4(13)11-8(10)7(16)6(15)5(14)3(2-12)17-8/h3,5-7,12,14-16H,1-2,10H2,(H,11,13)/t3-,5-,6+,7-,8?/m1/s1. The molecule has 8 nitrogen and oxygen atoms in total. The summed E-state index contributed by atoms with van der Waals surface area (Å²) in [6.45, 7) is -0.638. The van der Waals surface area contributed by atoms with Gasteiger partial charge in [-0.05, 0) is 0 Å². The maximum absolute atomic E-state index is 11.1. The molecule has 1 unspecified atom stereocenters. The van der Waals surface area contributed by atoms with E-state index in [2.05, 4.69) is 5.32 Å². The summed E-state index contributed by atoms with van der Waals surface area (Å²) in [5.41, 5.74) is 5.55. The summed E-state index contributed by atoms with van der Waals surface area (Å²) in [6, 6.07) is 0. The Morgan fingerprint density at radius 3 is 2.47 bits per heavy atom. The van der Waals surface area contributed by atoms with Crippen molar-refractivity contribution < 1.29 is 30.0 Å². The van der Waals surface area contributed by atoms with Crippen molar-refractivity contribution >= 4 is 17.5 Å². The molecule has 100 valence electrons. The van der Waals surface area contributed by atoms with Gasteiger partial charge in [0.05, 0.1) is 6.61 Å². The van der Waals surface area contributed by atoms with E-state index in [0.717, 1.165) is 0 Å². The van der Waals surface area contributed by atoms with E-state index in [1.807, 2.05) is 0 Å². The fourth-order valence-corrected chi connectivity index (χ4v) is 1.62. The maximum Gasteiger partial charge on any atom is 0.238 e. The van der Waals surface area contributed by atoms with Crippen LogP contribution < -0.4 is 11.1 Å². The molecule has 1 aliphatic heterocycles. The lowest BCUT2D eigenvalue weighted by molar-refractivity contribution is -0.280. The van der Waals surface area contributed by atoms with Gasteiger partial charge in [0.15, 0.2) is 0 Å². The van der Waals surface area contributed by atoms with Crippen LogP contribution in [0.5, 0.6) is 0 Å². The van der Waals surface area contributed by atoms with Crippen molar-refractivity contribution in [2.75, 3.05) is 12.5 Å². The third kappa shape index (κ3) is 2.86. The van der Waals surface area contributed by atoms with E-state index < -0.39 is 48.7 Å². The predicted octanol–water partition coefficient (Wildman–Crippen LogP) is -3.57. The van der Waals surface area contributed by atoms with Gasteiger partial charge in [0.25, 0.3) is 0 Å². The second kappa shape index (κ2) is 5.44. The Bertz CT molecular complexity index is 291. The Morgan fingerprint density at radius 2 is 2.00 bits per heavy atom. The Labute approximate surface area is 102 Å². The number of amides is 1. The molecule has 0 spiro atoms. The zero-order valence-electron chi connectivity index (χ0n) is 8.78. The number of carbonyl (C=O) groups excluding carboxylic acids is 1. The largest absolute Gasteiger partial charge is 0.394 e. The van der Waals surface area contributed by atoms with Gasteiger partial charge in [0.1, 0.15) is 30.3 Å². The van der Waals surface area contributed by atoms with Crippen LogP contribution in [-0.2, 0) is 9.53 Å². The van der Waals surface area contributed by atoms with Crippen LogP contribution in [0.2, 0.25) is 0 Å². The molecular weight excluding hydrogens is 256 g/mol. The minimum atomic E-state index is -2.11. The van der Waals surface area contributed by atoms with E-state index in [0.29, 0.717) is 0 Å². The van der Waals surface area contributed by atoms with Crippen LogP contribution in [0.4, 0.5) is 0 Å². The lowest BCUT2D eigenvalue weighted by Crippen LogP contribution is -2.75. The fraction of sp³-hybridized carbons (Fsp3) is 0.875.